The minimum atomic E-state index is 0.114. The molecule has 0 spiro atoms. The lowest BCUT2D eigenvalue weighted by Gasteiger charge is -2.22. The van der Waals surface area contributed by atoms with Crippen LogP contribution >= 0.6 is 27.7 Å². The van der Waals surface area contributed by atoms with Gasteiger partial charge in [0.15, 0.2) is 0 Å². The van der Waals surface area contributed by atoms with Gasteiger partial charge >= 0.3 is 0 Å². The molecular formula is C15H24BrNOS. The molecule has 1 atom stereocenters. The molecule has 0 saturated heterocycles. The van der Waals surface area contributed by atoms with Crippen LogP contribution in [0.15, 0.2) is 27.6 Å². The van der Waals surface area contributed by atoms with Crippen LogP contribution in [-0.4, -0.2) is 23.0 Å². The van der Waals surface area contributed by atoms with Crippen molar-refractivity contribution in [1.29, 1.82) is 0 Å². The van der Waals surface area contributed by atoms with Crippen LogP contribution in [0, 0.1) is 5.92 Å². The van der Waals surface area contributed by atoms with E-state index in [0.29, 0.717) is 5.92 Å². The third kappa shape index (κ3) is 6.80. The lowest BCUT2D eigenvalue weighted by Crippen LogP contribution is -2.35. The first-order valence-electron chi connectivity index (χ1n) is 6.59. The summed E-state index contributed by atoms with van der Waals surface area (Å²) < 4.78 is 1.11. The molecule has 1 unspecified atom stereocenters. The molecule has 2 N–H and O–H groups in total. The maximum Gasteiger partial charge on any atom is 0.0464 e. The van der Waals surface area contributed by atoms with Gasteiger partial charge in [-0.2, -0.15) is 0 Å². The Bertz CT molecular complexity index is 404. The van der Waals surface area contributed by atoms with E-state index in [0.717, 1.165) is 16.8 Å². The zero-order chi connectivity index (χ0) is 14.5. The maximum atomic E-state index is 9.10. The summed E-state index contributed by atoms with van der Waals surface area (Å²) >= 11 is 5.35. The van der Waals surface area contributed by atoms with E-state index in [1.54, 1.807) is 0 Å². The summed E-state index contributed by atoms with van der Waals surface area (Å²) in [5.74, 6) is 1.28. The first-order valence-corrected chi connectivity index (χ1v) is 8.37. The van der Waals surface area contributed by atoms with Gasteiger partial charge in [0.1, 0.15) is 0 Å². The summed E-state index contributed by atoms with van der Waals surface area (Å²) in [5.41, 5.74) is 1.42. The Hall–Kier alpha value is -0.0300. The Morgan fingerprint density at radius 2 is 2.05 bits per heavy atom. The average molecular weight is 346 g/mol. The monoisotopic (exact) mass is 345 g/mol. The summed E-state index contributed by atoms with van der Waals surface area (Å²) in [4.78, 5) is 1.29. The third-order valence-corrected chi connectivity index (χ3v) is 4.60. The molecule has 0 radical (unpaired) electrons. The second-order valence-corrected chi connectivity index (χ2v) is 7.93. The quantitative estimate of drug-likeness (QED) is 0.762. The predicted octanol–water partition coefficient (Wildman–Crippen LogP) is 4.06. The SMILES string of the molecule is CC(CO)CSc1ccc(Br)cc1CNC(C)(C)C. The van der Waals surface area contributed by atoms with Crippen molar-refractivity contribution < 1.29 is 5.11 Å². The van der Waals surface area contributed by atoms with Crippen molar-refractivity contribution in [3.8, 4) is 0 Å². The van der Waals surface area contributed by atoms with E-state index < -0.39 is 0 Å². The number of benzene rings is 1. The molecule has 0 fully saturated rings. The number of hydrogen-bond donors (Lipinski definition) is 2. The van der Waals surface area contributed by atoms with E-state index in [9.17, 15) is 0 Å². The Morgan fingerprint density at radius 1 is 1.37 bits per heavy atom. The van der Waals surface area contributed by atoms with Gasteiger partial charge in [0, 0.05) is 33.8 Å². The van der Waals surface area contributed by atoms with Gasteiger partial charge in [-0.25, -0.2) is 0 Å². The average Bonchev–Trinajstić information content (AvgIpc) is 2.33. The molecule has 0 amide bonds. The predicted molar refractivity (Wildman–Crippen MR) is 87.7 cm³/mol. The molecule has 0 aliphatic rings. The van der Waals surface area contributed by atoms with Crippen molar-refractivity contribution in [3.63, 3.8) is 0 Å². The number of aliphatic hydroxyl groups is 1. The molecular weight excluding hydrogens is 322 g/mol. The number of hydrogen-bond acceptors (Lipinski definition) is 3. The summed E-state index contributed by atoms with van der Waals surface area (Å²) in [6.07, 6.45) is 0. The number of rotatable bonds is 6. The highest BCUT2D eigenvalue weighted by Gasteiger charge is 2.12. The highest BCUT2D eigenvalue weighted by molar-refractivity contribution is 9.10. The van der Waals surface area contributed by atoms with Crippen molar-refractivity contribution in [3.05, 3.63) is 28.2 Å². The molecule has 0 aliphatic carbocycles. The van der Waals surface area contributed by atoms with Crippen molar-refractivity contribution in [1.82, 2.24) is 5.32 Å². The van der Waals surface area contributed by atoms with Gasteiger partial charge in [0.25, 0.3) is 0 Å². The molecule has 19 heavy (non-hydrogen) atoms. The molecule has 2 nitrogen and oxygen atoms in total. The zero-order valence-electron chi connectivity index (χ0n) is 12.2. The fraction of sp³-hybridized carbons (Fsp3) is 0.600. The minimum Gasteiger partial charge on any atom is -0.396 e. The van der Waals surface area contributed by atoms with Crippen LogP contribution < -0.4 is 5.32 Å². The molecule has 0 bridgehead atoms. The highest BCUT2D eigenvalue weighted by Crippen LogP contribution is 2.27. The van der Waals surface area contributed by atoms with Crippen LogP contribution in [0.25, 0.3) is 0 Å². The molecule has 0 heterocycles. The number of thioether (sulfide) groups is 1. The van der Waals surface area contributed by atoms with Crippen LogP contribution in [0.2, 0.25) is 0 Å². The Morgan fingerprint density at radius 3 is 2.63 bits per heavy atom. The Labute approximate surface area is 129 Å². The number of halogens is 1. The number of nitrogens with one attached hydrogen (secondary N) is 1. The summed E-state index contributed by atoms with van der Waals surface area (Å²) in [7, 11) is 0. The normalized spacial score (nSPS) is 13.6. The van der Waals surface area contributed by atoms with Gasteiger partial charge in [-0.3, -0.25) is 0 Å². The van der Waals surface area contributed by atoms with Crippen molar-refractivity contribution in [2.45, 2.75) is 44.7 Å². The Kier molecular flexibility index (Phi) is 6.87. The molecule has 0 aliphatic heterocycles. The standard InChI is InChI=1S/C15H24BrNOS/c1-11(9-18)10-19-14-6-5-13(16)7-12(14)8-17-15(2,3)4/h5-7,11,17-18H,8-10H2,1-4H3. The van der Waals surface area contributed by atoms with E-state index in [2.05, 4.69) is 67.1 Å². The third-order valence-electron chi connectivity index (χ3n) is 2.67. The van der Waals surface area contributed by atoms with Crippen molar-refractivity contribution in [2.24, 2.45) is 5.92 Å². The lowest BCUT2D eigenvalue weighted by molar-refractivity contribution is 0.250. The summed E-state index contributed by atoms with van der Waals surface area (Å²) in [6.45, 7) is 9.69. The molecule has 4 heteroatoms. The zero-order valence-corrected chi connectivity index (χ0v) is 14.6. The van der Waals surface area contributed by atoms with Gasteiger partial charge in [-0.1, -0.05) is 22.9 Å². The van der Waals surface area contributed by atoms with E-state index in [4.69, 9.17) is 5.11 Å². The van der Waals surface area contributed by atoms with Crippen molar-refractivity contribution in [2.75, 3.05) is 12.4 Å². The fourth-order valence-electron chi connectivity index (χ4n) is 1.47. The molecule has 0 saturated carbocycles. The molecule has 1 rings (SSSR count). The first-order chi connectivity index (χ1) is 8.81. The van der Waals surface area contributed by atoms with Crippen LogP contribution in [0.4, 0.5) is 0 Å². The fourth-order valence-corrected chi connectivity index (χ4v) is 2.93. The topological polar surface area (TPSA) is 32.3 Å². The molecule has 108 valence electrons. The molecule has 1 aromatic rings. The number of aliphatic hydroxyl groups excluding tert-OH is 1. The van der Waals surface area contributed by atoms with Gasteiger partial charge in [0.05, 0.1) is 0 Å². The van der Waals surface area contributed by atoms with Gasteiger partial charge in [-0.15, -0.1) is 11.8 Å². The second-order valence-electron chi connectivity index (χ2n) is 5.95. The van der Waals surface area contributed by atoms with Gasteiger partial charge in [0.2, 0.25) is 0 Å². The molecule has 1 aromatic carbocycles. The van der Waals surface area contributed by atoms with Crippen LogP contribution in [0.5, 0.6) is 0 Å². The van der Waals surface area contributed by atoms with Crippen LogP contribution in [0.3, 0.4) is 0 Å². The van der Waals surface area contributed by atoms with Gasteiger partial charge < -0.3 is 10.4 Å². The summed E-state index contributed by atoms with van der Waals surface area (Å²) in [5, 5.41) is 12.6. The maximum absolute atomic E-state index is 9.10. The van der Waals surface area contributed by atoms with Crippen molar-refractivity contribution >= 4 is 27.7 Å². The second kappa shape index (κ2) is 7.67. The lowest BCUT2D eigenvalue weighted by atomic mass is 10.1. The van der Waals surface area contributed by atoms with E-state index in [1.165, 1.54) is 10.5 Å². The van der Waals surface area contributed by atoms with Crippen LogP contribution in [-0.2, 0) is 6.54 Å². The smallest absolute Gasteiger partial charge is 0.0464 e. The Balaban J connectivity index is 2.74. The first kappa shape index (κ1) is 17.0. The van der Waals surface area contributed by atoms with Gasteiger partial charge in [-0.05, 0) is 50.5 Å². The largest absolute Gasteiger partial charge is 0.396 e. The highest BCUT2D eigenvalue weighted by atomic mass is 79.9. The van der Waals surface area contributed by atoms with E-state index >= 15 is 0 Å². The molecule has 0 aromatic heterocycles. The van der Waals surface area contributed by atoms with E-state index in [1.807, 2.05) is 11.8 Å². The summed E-state index contributed by atoms with van der Waals surface area (Å²) in [6, 6.07) is 6.40. The van der Waals surface area contributed by atoms with E-state index in [-0.39, 0.29) is 12.1 Å². The minimum absolute atomic E-state index is 0.114. The van der Waals surface area contributed by atoms with Crippen LogP contribution in [0.1, 0.15) is 33.3 Å².